The fourth-order valence-electron chi connectivity index (χ4n) is 2.76. The van der Waals surface area contributed by atoms with E-state index < -0.39 is 10.8 Å². The lowest BCUT2D eigenvalue weighted by Crippen LogP contribution is -2.17. The molecular weight excluding hydrogens is 426 g/mol. The monoisotopic (exact) mass is 439 g/mol. The molecule has 0 aliphatic carbocycles. The molecule has 4 rings (SSSR count). The lowest BCUT2D eigenvalue weighted by atomic mass is 10.2. The van der Waals surface area contributed by atoms with E-state index in [0.717, 1.165) is 21.2 Å². The third kappa shape index (κ3) is 4.07. The van der Waals surface area contributed by atoms with Crippen LogP contribution in [0.2, 0.25) is 5.02 Å². The number of carbonyl (C=O) groups is 1. The van der Waals surface area contributed by atoms with E-state index in [1.807, 2.05) is 47.8 Å². The summed E-state index contributed by atoms with van der Waals surface area (Å²) in [5.41, 5.74) is 0.471. The Morgan fingerprint density at radius 2 is 1.97 bits per heavy atom. The molecule has 0 fully saturated rings. The Hall–Kier alpha value is -3.56. The van der Waals surface area contributed by atoms with E-state index in [1.165, 1.54) is 12.1 Å². The SMILES string of the molecule is O=C(c1ccc(Cl)c([N+](=O)[O-])c1)n1nc(-c2ccccc2)nc1NCc1cccs1. The van der Waals surface area contributed by atoms with Crippen LogP contribution in [0.15, 0.2) is 66.0 Å². The van der Waals surface area contributed by atoms with Crippen molar-refractivity contribution >= 4 is 40.5 Å². The Balaban J connectivity index is 1.73. The highest BCUT2D eigenvalue weighted by Gasteiger charge is 2.22. The molecule has 0 bridgehead atoms. The first-order valence-corrected chi connectivity index (χ1v) is 10.1. The molecule has 0 saturated heterocycles. The molecule has 10 heteroatoms. The van der Waals surface area contributed by atoms with Crippen LogP contribution in [0.5, 0.6) is 0 Å². The number of rotatable bonds is 6. The number of halogens is 1. The third-order valence-electron chi connectivity index (χ3n) is 4.22. The van der Waals surface area contributed by atoms with Gasteiger partial charge in [-0.25, -0.2) is 0 Å². The van der Waals surface area contributed by atoms with E-state index >= 15 is 0 Å². The van der Waals surface area contributed by atoms with Gasteiger partial charge in [-0.3, -0.25) is 14.9 Å². The molecule has 0 aliphatic heterocycles. The molecule has 0 aliphatic rings. The van der Waals surface area contributed by atoms with Gasteiger partial charge in [-0.2, -0.15) is 9.67 Å². The van der Waals surface area contributed by atoms with Gasteiger partial charge in [0.2, 0.25) is 5.95 Å². The van der Waals surface area contributed by atoms with Crippen molar-refractivity contribution < 1.29 is 9.72 Å². The van der Waals surface area contributed by atoms with Crippen molar-refractivity contribution in [2.75, 3.05) is 5.32 Å². The third-order valence-corrected chi connectivity index (χ3v) is 5.42. The normalized spacial score (nSPS) is 10.7. The second-order valence-electron chi connectivity index (χ2n) is 6.20. The molecule has 2 aromatic carbocycles. The molecule has 0 spiro atoms. The Morgan fingerprint density at radius 3 is 2.67 bits per heavy atom. The summed E-state index contributed by atoms with van der Waals surface area (Å²) in [6, 6.07) is 17.0. The van der Waals surface area contributed by atoms with Crippen LogP contribution in [0.3, 0.4) is 0 Å². The number of anilines is 1. The number of carbonyl (C=O) groups excluding carboxylic acids is 1. The summed E-state index contributed by atoms with van der Waals surface area (Å²) in [5, 5.41) is 20.6. The summed E-state index contributed by atoms with van der Waals surface area (Å²) >= 11 is 7.43. The van der Waals surface area contributed by atoms with Crippen LogP contribution in [0, 0.1) is 10.1 Å². The number of hydrogen-bond acceptors (Lipinski definition) is 7. The lowest BCUT2D eigenvalue weighted by molar-refractivity contribution is -0.384. The number of hydrogen-bond donors (Lipinski definition) is 1. The van der Waals surface area contributed by atoms with E-state index in [4.69, 9.17) is 11.6 Å². The molecule has 2 heterocycles. The van der Waals surface area contributed by atoms with Crippen molar-refractivity contribution in [3.63, 3.8) is 0 Å². The quantitative estimate of drug-likeness (QED) is 0.339. The molecule has 0 atom stereocenters. The number of thiophene rings is 1. The molecule has 0 unspecified atom stereocenters. The molecular formula is C20H14ClN5O3S. The van der Waals surface area contributed by atoms with Crippen LogP contribution in [-0.2, 0) is 6.54 Å². The van der Waals surface area contributed by atoms with E-state index in [-0.39, 0.29) is 22.2 Å². The summed E-state index contributed by atoms with van der Waals surface area (Å²) in [7, 11) is 0. The number of benzene rings is 2. The van der Waals surface area contributed by atoms with Crippen LogP contribution >= 0.6 is 22.9 Å². The minimum absolute atomic E-state index is 0.0452. The van der Waals surface area contributed by atoms with Crippen LogP contribution < -0.4 is 5.32 Å². The summed E-state index contributed by atoms with van der Waals surface area (Å²) in [6.45, 7) is 0.457. The fourth-order valence-corrected chi connectivity index (χ4v) is 3.60. The predicted molar refractivity (Wildman–Crippen MR) is 115 cm³/mol. The molecule has 0 amide bonds. The molecule has 4 aromatic rings. The maximum absolute atomic E-state index is 13.1. The van der Waals surface area contributed by atoms with Gasteiger partial charge in [-0.05, 0) is 23.6 Å². The van der Waals surface area contributed by atoms with Gasteiger partial charge in [0, 0.05) is 22.1 Å². The average Bonchev–Trinajstić information content (AvgIpc) is 3.42. The van der Waals surface area contributed by atoms with Crippen molar-refractivity contribution in [2.24, 2.45) is 0 Å². The maximum Gasteiger partial charge on any atom is 0.288 e. The van der Waals surface area contributed by atoms with Crippen LogP contribution in [-0.4, -0.2) is 25.6 Å². The number of nitrogens with zero attached hydrogens (tertiary/aromatic N) is 4. The fraction of sp³-hybridized carbons (Fsp3) is 0.0500. The second kappa shape index (κ2) is 8.44. The average molecular weight is 440 g/mol. The summed E-state index contributed by atoms with van der Waals surface area (Å²) in [5.74, 6) is 0.0454. The van der Waals surface area contributed by atoms with E-state index in [2.05, 4.69) is 15.4 Å². The van der Waals surface area contributed by atoms with Gasteiger partial charge in [0.25, 0.3) is 11.6 Å². The van der Waals surface area contributed by atoms with Gasteiger partial charge in [-0.1, -0.05) is 48.0 Å². The smallest absolute Gasteiger partial charge is 0.288 e. The van der Waals surface area contributed by atoms with Crippen LogP contribution in [0.1, 0.15) is 15.2 Å². The summed E-state index contributed by atoms with van der Waals surface area (Å²) in [4.78, 5) is 29.2. The van der Waals surface area contributed by atoms with Crippen molar-refractivity contribution in [1.82, 2.24) is 14.8 Å². The van der Waals surface area contributed by atoms with Crippen molar-refractivity contribution in [3.8, 4) is 11.4 Å². The van der Waals surface area contributed by atoms with Crippen LogP contribution in [0.4, 0.5) is 11.6 Å². The van der Waals surface area contributed by atoms with Gasteiger partial charge >= 0.3 is 0 Å². The Kier molecular flexibility index (Phi) is 5.55. The molecule has 150 valence electrons. The van der Waals surface area contributed by atoms with Crippen molar-refractivity contribution in [2.45, 2.75) is 6.54 Å². The van der Waals surface area contributed by atoms with Gasteiger partial charge in [0.05, 0.1) is 11.5 Å². The minimum atomic E-state index is -0.633. The molecule has 0 saturated carbocycles. The molecule has 8 nitrogen and oxygen atoms in total. The highest BCUT2D eigenvalue weighted by molar-refractivity contribution is 7.09. The Labute approximate surface area is 179 Å². The van der Waals surface area contributed by atoms with Crippen LogP contribution in [0.25, 0.3) is 11.4 Å². The predicted octanol–water partition coefficient (Wildman–Crippen LogP) is 4.87. The lowest BCUT2D eigenvalue weighted by Gasteiger charge is -2.06. The van der Waals surface area contributed by atoms with Gasteiger partial charge in [-0.15, -0.1) is 16.4 Å². The molecule has 0 radical (unpaired) electrons. The van der Waals surface area contributed by atoms with Gasteiger partial charge < -0.3 is 5.32 Å². The van der Waals surface area contributed by atoms with E-state index in [1.54, 1.807) is 11.3 Å². The first kappa shape index (κ1) is 19.7. The summed E-state index contributed by atoms with van der Waals surface area (Å²) in [6.07, 6.45) is 0. The van der Waals surface area contributed by atoms with Crippen molar-refractivity contribution in [1.29, 1.82) is 0 Å². The number of nitro benzene ring substituents is 1. The Morgan fingerprint density at radius 1 is 1.17 bits per heavy atom. The maximum atomic E-state index is 13.1. The number of aromatic nitrogens is 3. The van der Waals surface area contributed by atoms with E-state index in [9.17, 15) is 14.9 Å². The minimum Gasteiger partial charge on any atom is -0.349 e. The first-order valence-electron chi connectivity index (χ1n) is 8.80. The largest absolute Gasteiger partial charge is 0.349 e. The zero-order chi connectivity index (χ0) is 21.1. The molecule has 1 N–H and O–H groups in total. The standard InChI is InChI=1S/C20H14ClN5O3S/c21-16-9-8-14(11-17(16)26(28)29)19(27)25-20(22-12-15-7-4-10-30-15)23-18(24-25)13-5-2-1-3-6-13/h1-11H,12H2,(H,22,23,24). The zero-order valence-electron chi connectivity index (χ0n) is 15.4. The van der Waals surface area contributed by atoms with E-state index in [0.29, 0.717) is 12.4 Å². The van der Waals surface area contributed by atoms with Gasteiger partial charge in [0.15, 0.2) is 5.82 Å². The summed E-state index contributed by atoms with van der Waals surface area (Å²) < 4.78 is 1.11. The second-order valence-corrected chi connectivity index (χ2v) is 7.64. The highest BCUT2D eigenvalue weighted by Crippen LogP contribution is 2.26. The van der Waals surface area contributed by atoms with Gasteiger partial charge in [0.1, 0.15) is 5.02 Å². The Bertz CT molecular complexity index is 1210. The highest BCUT2D eigenvalue weighted by atomic mass is 35.5. The topological polar surface area (TPSA) is 103 Å². The molecule has 30 heavy (non-hydrogen) atoms. The number of nitro groups is 1. The zero-order valence-corrected chi connectivity index (χ0v) is 16.9. The molecule has 2 aromatic heterocycles. The number of nitrogens with one attached hydrogen (secondary N) is 1. The van der Waals surface area contributed by atoms with Crippen molar-refractivity contribution in [3.05, 3.63) is 91.6 Å². The first-order chi connectivity index (χ1) is 14.5.